The van der Waals surface area contributed by atoms with Gasteiger partial charge in [0.1, 0.15) is 5.82 Å². The van der Waals surface area contributed by atoms with Gasteiger partial charge in [0.05, 0.1) is 0 Å². The van der Waals surface area contributed by atoms with E-state index in [2.05, 4.69) is 50.0 Å². The Kier molecular flexibility index (Phi) is 5.41. The van der Waals surface area contributed by atoms with Gasteiger partial charge < -0.3 is 10.2 Å². The van der Waals surface area contributed by atoms with E-state index in [0.717, 1.165) is 37.1 Å². The highest BCUT2D eigenvalue weighted by Crippen LogP contribution is 2.26. The van der Waals surface area contributed by atoms with Crippen LogP contribution in [0.4, 0.5) is 5.82 Å². The lowest BCUT2D eigenvalue weighted by atomic mass is 9.95. The predicted molar refractivity (Wildman–Crippen MR) is 86.2 cm³/mol. The molecule has 0 spiro atoms. The van der Waals surface area contributed by atoms with Crippen molar-refractivity contribution in [2.45, 2.75) is 59.5 Å². The second-order valence-electron chi connectivity index (χ2n) is 6.27. The number of pyridine rings is 1. The van der Waals surface area contributed by atoms with E-state index in [1.165, 1.54) is 24.8 Å². The molecule has 1 aliphatic heterocycles. The zero-order chi connectivity index (χ0) is 14.5. The molecular weight excluding hydrogens is 246 g/mol. The number of hydrogen-bond donors (Lipinski definition) is 1. The van der Waals surface area contributed by atoms with Crippen molar-refractivity contribution in [3.63, 3.8) is 0 Å². The van der Waals surface area contributed by atoms with E-state index in [4.69, 9.17) is 4.98 Å². The minimum Gasteiger partial charge on any atom is -0.354 e. The Bertz CT molecular complexity index is 430. The van der Waals surface area contributed by atoms with E-state index >= 15 is 0 Å². The van der Waals surface area contributed by atoms with Crippen molar-refractivity contribution < 1.29 is 0 Å². The first-order valence-corrected chi connectivity index (χ1v) is 8.05. The summed E-state index contributed by atoms with van der Waals surface area (Å²) >= 11 is 0. The molecular formula is C17H29N3. The Morgan fingerprint density at radius 3 is 2.80 bits per heavy atom. The summed E-state index contributed by atoms with van der Waals surface area (Å²) < 4.78 is 0. The van der Waals surface area contributed by atoms with Crippen LogP contribution >= 0.6 is 0 Å². The predicted octanol–water partition coefficient (Wildman–Crippen LogP) is 3.51. The first-order valence-electron chi connectivity index (χ1n) is 8.05. The summed E-state index contributed by atoms with van der Waals surface area (Å²) in [4.78, 5) is 7.32. The summed E-state index contributed by atoms with van der Waals surface area (Å²) in [5, 5.41) is 3.45. The Labute approximate surface area is 123 Å². The van der Waals surface area contributed by atoms with E-state index in [9.17, 15) is 0 Å². The number of nitrogens with zero attached hydrogens (tertiary/aromatic N) is 2. The van der Waals surface area contributed by atoms with Crippen LogP contribution in [0, 0.1) is 12.8 Å². The van der Waals surface area contributed by atoms with Crippen LogP contribution in [-0.2, 0) is 6.54 Å². The highest BCUT2D eigenvalue weighted by atomic mass is 15.2. The maximum absolute atomic E-state index is 4.85. The van der Waals surface area contributed by atoms with Crippen LogP contribution in [0.1, 0.15) is 51.3 Å². The fourth-order valence-electron chi connectivity index (χ4n) is 2.93. The largest absolute Gasteiger partial charge is 0.354 e. The Hall–Kier alpha value is -1.09. The summed E-state index contributed by atoms with van der Waals surface area (Å²) in [6.07, 6.45) is 3.80. The van der Waals surface area contributed by atoms with Gasteiger partial charge in [-0.15, -0.1) is 0 Å². The van der Waals surface area contributed by atoms with E-state index in [1.54, 1.807) is 0 Å². The van der Waals surface area contributed by atoms with Gasteiger partial charge in [0, 0.05) is 24.8 Å². The molecule has 0 bridgehead atoms. The summed E-state index contributed by atoms with van der Waals surface area (Å²) in [6.45, 7) is 12.1. The van der Waals surface area contributed by atoms with Crippen LogP contribution in [0.25, 0.3) is 0 Å². The second kappa shape index (κ2) is 7.07. The molecule has 2 unspecified atom stereocenters. The molecule has 112 valence electrons. The van der Waals surface area contributed by atoms with Crippen molar-refractivity contribution in [3.8, 4) is 0 Å². The number of aryl methyl sites for hydroxylation is 1. The lowest BCUT2D eigenvalue weighted by Crippen LogP contribution is -2.41. The quantitative estimate of drug-likeness (QED) is 0.833. The normalized spacial score (nSPS) is 23.1. The van der Waals surface area contributed by atoms with Crippen molar-refractivity contribution in [1.29, 1.82) is 0 Å². The fourth-order valence-corrected chi connectivity index (χ4v) is 2.93. The van der Waals surface area contributed by atoms with Crippen LogP contribution in [0.15, 0.2) is 12.1 Å². The summed E-state index contributed by atoms with van der Waals surface area (Å²) in [5.41, 5.74) is 2.48. The molecule has 2 heterocycles. The number of hydrogen-bond acceptors (Lipinski definition) is 3. The molecule has 0 radical (unpaired) electrons. The van der Waals surface area contributed by atoms with Gasteiger partial charge in [-0.3, -0.25) is 0 Å². The number of anilines is 1. The number of rotatable bonds is 5. The summed E-state index contributed by atoms with van der Waals surface area (Å²) in [6, 6.07) is 5.05. The lowest BCUT2D eigenvalue weighted by molar-refractivity contribution is 0.388. The summed E-state index contributed by atoms with van der Waals surface area (Å²) in [5.74, 6) is 1.93. The molecule has 1 aromatic rings. The van der Waals surface area contributed by atoms with Crippen LogP contribution in [0.2, 0.25) is 0 Å². The highest BCUT2D eigenvalue weighted by molar-refractivity contribution is 5.43. The standard InChI is InChI=1S/C17H29N3/c1-5-10-18-11-16-8-9-17(19-15(16)4)20-12-13(2)6-7-14(20)3/h8-9,13-14,18H,5-7,10-12H2,1-4H3. The maximum Gasteiger partial charge on any atom is 0.129 e. The zero-order valence-electron chi connectivity index (χ0n) is 13.4. The molecule has 20 heavy (non-hydrogen) atoms. The third kappa shape index (κ3) is 3.72. The molecule has 0 aliphatic carbocycles. The summed E-state index contributed by atoms with van der Waals surface area (Å²) in [7, 11) is 0. The monoisotopic (exact) mass is 275 g/mol. The van der Waals surface area contributed by atoms with Crippen LogP contribution in [-0.4, -0.2) is 24.1 Å². The first kappa shape index (κ1) is 15.3. The molecule has 1 saturated heterocycles. The maximum atomic E-state index is 4.85. The first-order chi connectivity index (χ1) is 9.61. The van der Waals surface area contributed by atoms with Gasteiger partial charge in [-0.2, -0.15) is 0 Å². The average molecular weight is 275 g/mol. The van der Waals surface area contributed by atoms with Gasteiger partial charge in [0.2, 0.25) is 0 Å². The van der Waals surface area contributed by atoms with Crippen molar-refractivity contribution in [1.82, 2.24) is 10.3 Å². The molecule has 1 fully saturated rings. The number of piperidine rings is 1. The van der Waals surface area contributed by atoms with Crippen LogP contribution < -0.4 is 10.2 Å². The molecule has 0 aromatic carbocycles. The van der Waals surface area contributed by atoms with Gasteiger partial charge in [-0.05, 0) is 57.2 Å². The van der Waals surface area contributed by atoms with Crippen LogP contribution in [0.3, 0.4) is 0 Å². The average Bonchev–Trinajstić information content (AvgIpc) is 2.43. The van der Waals surface area contributed by atoms with Crippen molar-refractivity contribution >= 4 is 5.82 Å². The fraction of sp³-hybridized carbons (Fsp3) is 0.706. The smallest absolute Gasteiger partial charge is 0.129 e. The lowest BCUT2D eigenvalue weighted by Gasteiger charge is -2.38. The Morgan fingerprint density at radius 1 is 1.30 bits per heavy atom. The topological polar surface area (TPSA) is 28.2 Å². The SMILES string of the molecule is CCCNCc1ccc(N2CC(C)CCC2C)nc1C. The highest BCUT2D eigenvalue weighted by Gasteiger charge is 2.24. The number of aromatic nitrogens is 1. The minimum absolute atomic E-state index is 0.613. The van der Waals surface area contributed by atoms with Crippen LogP contribution in [0.5, 0.6) is 0 Å². The van der Waals surface area contributed by atoms with Crippen molar-refractivity contribution in [3.05, 3.63) is 23.4 Å². The molecule has 2 atom stereocenters. The minimum atomic E-state index is 0.613. The van der Waals surface area contributed by atoms with Crippen molar-refractivity contribution in [2.75, 3.05) is 18.0 Å². The third-order valence-corrected chi connectivity index (χ3v) is 4.33. The van der Waals surface area contributed by atoms with Gasteiger partial charge in [-0.25, -0.2) is 4.98 Å². The van der Waals surface area contributed by atoms with Gasteiger partial charge in [-0.1, -0.05) is 19.9 Å². The molecule has 1 N–H and O–H groups in total. The van der Waals surface area contributed by atoms with E-state index < -0.39 is 0 Å². The van der Waals surface area contributed by atoms with Gasteiger partial charge in [0.15, 0.2) is 0 Å². The molecule has 1 aromatic heterocycles. The number of nitrogens with one attached hydrogen (secondary N) is 1. The Morgan fingerprint density at radius 2 is 2.10 bits per heavy atom. The molecule has 0 amide bonds. The zero-order valence-corrected chi connectivity index (χ0v) is 13.4. The molecule has 3 nitrogen and oxygen atoms in total. The Balaban J connectivity index is 2.07. The molecule has 1 aliphatic rings. The second-order valence-corrected chi connectivity index (χ2v) is 6.27. The van der Waals surface area contributed by atoms with E-state index in [0.29, 0.717) is 6.04 Å². The third-order valence-electron chi connectivity index (χ3n) is 4.33. The van der Waals surface area contributed by atoms with Gasteiger partial charge >= 0.3 is 0 Å². The van der Waals surface area contributed by atoms with E-state index in [-0.39, 0.29) is 0 Å². The van der Waals surface area contributed by atoms with E-state index in [1.807, 2.05) is 0 Å². The molecule has 0 saturated carbocycles. The molecule has 3 heteroatoms. The molecule has 2 rings (SSSR count). The van der Waals surface area contributed by atoms with Crippen molar-refractivity contribution in [2.24, 2.45) is 5.92 Å². The van der Waals surface area contributed by atoms with Gasteiger partial charge in [0.25, 0.3) is 0 Å².